The number of alkyl halides is 2. The lowest BCUT2D eigenvalue weighted by Gasteiger charge is -2.09. The van der Waals surface area contributed by atoms with Gasteiger partial charge in [0.2, 0.25) is 0 Å². The van der Waals surface area contributed by atoms with Crippen LogP contribution in [0.25, 0.3) is 11.3 Å². The molecule has 30 heavy (non-hydrogen) atoms. The van der Waals surface area contributed by atoms with Crippen molar-refractivity contribution in [1.29, 1.82) is 0 Å². The number of nitrogens with one attached hydrogen (secondary N) is 2. The number of H-pyrrole nitrogens is 1. The molecular weight excluding hydrogens is 445 g/mol. The molecule has 1 heterocycles. The van der Waals surface area contributed by atoms with Crippen LogP contribution in [0.3, 0.4) is 0 Å². The van der Waals surface area contributed by atoms with Gasteiger partial charge in [0.1, 0.15) is 18.1 Å². The van der Waals surface area contributed by atoms with Crippen LogP contribution < -0.4 is 10.1 Å². The minimum absolute atomic E-state index is 0.0147. The highest BCUT2D eigenvalue weighted by molar-refractivity contribution is 6.36. The van der Waals surface area contributed by atoms with Crippen molar-refractivity contribution < 1.29 is 23.2 Å². The van der Waals surface area contributed by atoms with Gasteiger partial charge in [-0.1, -0.05) is 23.2 Å². The summed E-state index contributed by atoms with van der Waals surface area (Å²) in [5.41, 5.74) is 0.503. The Labute approximate surface area is 177 Å². The molecule has 0 aliphatic carbocycles. The van der Waals surface area contributed by atoms with E-state index in [2.05, 4.69) is 15.5 Å². The second-order valence-electron chi connectivity index (χ2n) is 5.92. The van der Waals surface area contributed by atoms with E-state index in [-0.39, 0.29) is 17.1 Å². The van der Waals surface area contributed by atoms with Crippen LogP contribution in [0.1, 0.15) is 10.5 Å². The number of aromatic amines is 1. The molecule has 156 valence electrons. The molecule has 0 radical (unpaired) electrons. The van der Waals surface area contributed by atoms with Gasteiger partial charge in [-0.3, -0.25) is 20.0 Å². The van der Waals surface area contributed by atoms with Gasteiger partial charge in [0, 0.05) is 22.7 Å². The van der Waals surface area contributed by atoms with Crippen LogP contribution in [0, 0.1) is 10.1 Å². The Kier molecular flexibility index (Phi) is 6.48. The minimum atomic E-state index is -2.76. The fourth-order valence-electron chi connectivity index (χ4n) is 2.48. The molecule has 0 aliphatic heterocycles. The number of anilines is 1. The smallest absolute Gasteiger partial charge is 0.275 e. The maximum absolute atomic E-state index is 12.5. The van der Waals surface area contributed by atoms with E-state index in [4.69, 9.17) is 27.9 Å². The Balaban J connectivity index is 1.82. The van der Waals surface area contributed by atoms with Crippen molar-refractivity contribution >= 4 is 40.5 Å². The highest BCUT2D eigenvalue weighted by Gasteiger charge is 2.17. The molecule has 1 amide bonds. The summed E-state index contributed by atoms with van der Waals surface area (Å²) >= 11 is 12.0. The molecule has 8 nitrogen and oxygen atoms in total. The molecule has 12 heteroatoms. The van der Waals surface area contributed by atoms with Crippen LogP contribution in [0.4, 0.5) is 20.2 Å². The van der Waals surface area contributed by atoms with Crippen molar-refractivity contribution in [2.24, 2.45) is 0 Å². The fraction of sp³-hybridized carbons (Fsp3) is 0.111. The van der Waals surface area contributed by atoms with Crippen LogP contribution in [-0.4, -0.2) is 34.1 Å². The summed E-state index contributed by atoms with van der Waals surface area (Å²) in [6, 6.07) is 9.44. The third-order valence-corrected chi connectivity index (χ3v) is 4.31. The third-order valence-electron chi connectivity index (χ3n) is 3.77. The highest BCUT2D eigenvalue weighted by Crippen LogP contribution is 2.30. The van der Waals surface area contributed by atoms with Crippen LogP contribution in [0.5, 0.6) is 5.75 Å². The molecule has 0 bridgehead atoms. The summed E-state index contributed by atoms with van der Waals surface area (Å²) in [7, 11) is 0. The Hall–Kier alpha value is -3.24. The Morgan fingerprint density at radius 1 is 1.23 bits per heavy atom. The Morgan fingerprint density at radius 3 is 2.67 bits per heavy atom. The van der Waals surface area contributed by atoms with Crippen molar-refractivity contribution in [3.8, 4) is 17.0 Å². The first-order valence-electron chi connectivity index (χ1n) is 8.25. The Bertz CT molecular complexity index is 1110. The molecule has 0 aliphatic rings. The van der Waals surface area contributed by atoms with E-state index in [9.17, 15) is 23.7 Å². The summed E-state index contributed by atoms with van der Waals surface area (Å²) in [6.07, 6.45) is -2.76. The zero-order chi connectivity index (χ0) is 21.8. The summed E-state index contributed by atoms with van der Waals surface area (Å²) in [4.78, 5) is 22.8. The van der Waals surface area contributed by atoms with Gasteiger partial charge >= 0.3 is 0 Å². The standard InChI is InChI=1S/C18H12Cl2F2N4O4/c19-9-1-2-13(14(20)3-9)15-7-16(25-24-15)18(27)23-10-4-11(26(28)29)6-12(5-10)30-8-17(21)22/h1-7,17H,8H2,(H,23,27)(H,24,25). The first-order valence-corrected chi connectivity index (χ1v) is 9.01. The number of ether oxygens (including phenoxy) is 1. The van der Waals surface area contributed by atoms with Crippen molar-refractivity contribution in [3.05, 3.63) is 68.3 Å². The number of carbonyl (C=O) groups is 1. The lowest BCUT2D eigenvalue weighted by molar-refractivity contribution is -0.384. The number of hydrogen-bond acceptors (Lipinski definition) is 5. The topological polar surface area (TPSA) is 110 Å². The average molecular weight is 457 g/mol. The summed E-state index contributed by atoms with van der Waals surface area (Å²) in [5.74, 6) is -0.850. The summed E-state index contributed by atoms with van der Waals surface area (Å²) < 4.78 is 29.5. The predicted octanol–water partition coefficient (Wildman–Crippen LogP) is 5.19. The number of aromatic nitrogens is 2. The maximum Gasteiger partial charge on any atom is 0.275 e. The fourth-order valence-corrected chi connectivity index (χ4v) is 2.98. The van der Waals surface area contributed by atoms with Crippen LogP contribution in [0.2, 0.25) is 10.0 Å². The molecule has 0 spiro atoms. The second-order valence-corrected chi connectivity index (χ2v) is 6.76. The molecule has 3 aromatic rings. The first kappa shape index (κ1) is 21.5. The summed E-state index contributed by atoms with van der Waals surface area (Å²) in [6.45, 7) is -0.944. The lowest BCUT2D eigenvalue weighted by atomic mass is 10.1. The van der Waals surface area contributed by atoms with Crippen LogP contribution >= 0.6 is 23.2 Å². The highest BCUT2D eigenvalue weighted by atomic mass is 35.5. The zero-order valence-electron chi connectivity index (χ0n) is 14.9. The normalized spacial score (nSPS) is 10.8. The molecule has 2 N–H and O–H groups in total. The monoisotopic (exact) mass is 456 g/mol. The van der Waals surface area contributed by atoms with Crippen molar-refractivity contribution in [1.82, 2.24) is 10.2 Å². The van der Waals surface area contributed by atoms with Crippen molar-refractivity contribution in [2.75, 3.05) is 11.9 Å². The minimum Gasteiger partial charge on any atom is -0.487 e. The van der Waals surface area contributed by atoms with E-state index >= 15 is 0 Å². The molecule has 0 fully saturated rings. The molecule has 0 atom stereocenters. The number of non-ortho nitro benzene ring substituents is 1. The maximum atomic E-state index is 12.5. The van der Waals surface area contributed by atoms with Gasteiger partial charge < -0.3 is 10.1 Å². The van der Waals surface area contributed by atoms with Gasteiger partial charge in [-0.05, 0) is 24.3 Å². The van der Waals surface area contributed by atoms with Gasteiger partial charge in [0.05, 0.1) is 27.4 Å². The van der Waals surface area contributed by atoms with Gasteiger partial charge in [0.25, 0.3) is 18.0 Å². The molecule has 0 saturated heterocycles. The largest absolute Gasteiger partial charge is 0.487 e. The molecular formula is C18H12Cl2F2N4O4. The van der Waals surface area contributed by atoms with E-state index < -0.39 is 29.6 Å². The Morgan fingerprint density at radius 2 is 2.00 bits per heavy atom. The van der Waals surface area contributed by atoms with E-state index in [0.717, 1.165) is 12.1 Å². The number of halogens is 4. The molecule has 3 rings (SSSR count). The average Bonchev–Trinajstić information content (AvgIpc) is 3.16. The number of nitro benzene ring substituents is 1. The molecule has 0 unspecified atom stereocenters. The van der Waals surface area contributed by atoms with Crippen LogP contribution in [0.15, 0.2) is 42.5 Å². The van der Waals surface area contributed by atoms with Gasteiger partial charge in [-0.2, -0.15) is 5.10 Å². The molecule has 0 saturated carbocycles. The van der Waals surface area contributed by atoms with E-state index in [1.165, 1.54) is 18.2 Å². The van der Waals surface area contributed by atoms with E-state index in [1.54, 1.807) is 12.1 Å². The number of hydrogen-bond donors (Lipinski definition) is 2. The van der Waals surface area contributed by atoms with Crippen LogP contribution in [-0.2, 0) is 0 Å². The van der Waals surface area contributed by atoms with Gasteiger partial charge in [-0.25, -0.2) is 8.78 Å². The number of amides is 1. The van der Waals surface area contributed by atoms with Gasteiger partial charge in [0.15, 0.2) is 0 Å². The van der Waals surface area contributed by atoms with Crippen molar-refractivity contribution in [3.63, 3.8) is 0 Å². The molecule has 1 aromatic heterocycles. The van der Waals surface area contributed by atoms with Gasteiger partial charge in [-0.15, -0.1) is 0 Å². The molecule has 2 aromatic carbocycles. The number of benzene rings is 2. The zero-order valence-corrected chi connectivity index (χ0v) is 16.4. The number of carbonyl (C=O) groups excluding carboxylic acids is 1. The second kappa shape index (κ2) is 9.06. The first-order chi connectivity index (χ1) is 14.2. The summed E-state index contributed by atoms with van der Waals surface area (Å²) in [5, 5.41) is 20.8. The third kappa shape index (κ3) is 5.22. The van der Waals surface area contributed by atoms with E-state index in [1.807, 2.05) is 0 Å². The number of nitrogens with zero attached hydrogens (tertiary/aromatic N) is 2. The quantitative estimate of drug-likeness (QED) is 0.375. The number of nitro groups is 1. The lowest BCUT2D eigenvalue weighted by Crippen LogP contribution is -2.13. The van der Waals surface area contributed by atoms with E-state index in [0.29, 0.717) is 21.3 Å². The SMILES string of the molecule is O=C(Nc1cc(OCC(F)F)cc([N+](=O)[O-])c1)c1cc(-c2ccc(Cl)cc2Cl)n[nH]1. The predicted molar refractivity (Wildman–Crippen MR) is 107 cm³/mol. The number of rotatable bonds is 7. The van der Waals surface area contributed by atoms with Crippen molar-refractivity contribution in [2.45, 2.75) is 6.43 Å².